The van der Waals surface area contributed by atoms with Crippen LogP contribution in [0.15, 0.2) is 18.6 Å². The molecule has 0 aliphatic carbocycles. The number of anilines is 1. The Hall–Kier alpha value is -1.98. The van der Waals surface area contributed by atoms with E-state index in [1.807, 2.05) is 6.07 Å². The van der Waals surface area contributed by atoms with Gasteiger partial charge in [-0.3, -0.25) is 0 Å². The molecule has 0 aliphatic heterocycles. The van der Waals surface area contributed by atoms with Gasteiger partial charge in [-0.25, -0.2) is 9.97 Å². The Morgan fingerprint density at radius 2 is 2.25 bits per heavy atom. The number of hydrogen-bond donors (Lipinski definition) is 2. The van der Waals surface area contributed by atoms with Crippen molar-refractivity contribution in [2.24, 2.45) is 0 Å². The third-order valence-corrected chi connectivity index (χ3v) is 2.20. The molecule has 0 amide bonds. The molecule has 0 atom stereocenters. The molecule has 2 aromatic rings. The fourth-order valence-corrected chi connectivity index (χ4v) is 1.28. The van der Waals surface area contributed by atoms with Gasteiger partial charge in [-0.15, -0.1) is 0 Å². The lowest BCUT2D eigenvalue weighted by molar-refractivity contribution is 0.813. The SMILES string of the molecule is CC(C)c1cc(NCc2cn[nH]n2)ncn1. The zero-order valence-corrected chi connectivity index (χ0v) is 9.31. The topological polar surface area (TPSA) is 79.4 Å². The second-order valence-electron chi connectivity index (χ2n) is 3.80. The van der Waals surface area contributed by atoms with Crippen LogP contribution in [0.5, 0.6) is 0 Å². The zero-order chi connectivity index (χ0) is 11.4. The van der Waals surface area contributed by atoms with Crippen LogP contribution >= 0.6 is 0 Å². The van der Waals surface area contributed by atoms with Crippen molar-refractivity contribution in [3.8, 4) is 0 Å². The van der Waals surface area contributed by atoms with Crippen LogP contribution in [0, 0.1) is 0 Å². The van der Waals surface area contributed by atoms with Crippen molar-refractivity contribution >= 4 is 5.82 Å². The fraction of sp³-hybridized carbons (Fsp3) is 0.400. The minimum absolute atomic E-state index is 0.399. The highest BCUT2D eigenvalue weighted by Gasteiger charge is 2.03. The molecule has 16 heavy (non-hydrogen) atoms. The summed E-state index contributed by atoms with van der Waals surface area (Å²) in [5.41, 5.74) is 1.88. The van der Waals surface area contributed by atoms with E-state index in [4.69, 9.17) is 0 Å². The van der Waals surface area contributed by atoms with Crippen LogP contribution in [-0.2, 0) is 6.54 Å². The average Bonchev–Trinajstić information content (AvgIpc) is 2.79. The molecule has 6 nitrogen and oxygen atoms in total. The first-order valence-corrected chi connectivity index (χ1v) is 5.16. The maximum Gasteiger partial charge on any atom is 0.129 e. The van der Waals surface area contributed by atoms with Gasteiger partial charge in [0.1, 0.15) is 17.8 Å². The minimum atomic E-state index is 0.399. The van der Waals surface area contributed by atoms with Crippen LogP contribution < -0.4 is 5.32 Å². The van der Waals surface area contributed by atoms with E-state index in [9.17, 15) is 0 Å². The highest BCUT2D eigenvalue weighted by molar-refractivity contribution is 5.35. The number of nitrogens with one attached hydrogen (secondary N) is 2. The van der Waals surface area contributed by atoms with Crippen LogP contribution in [0.3, 0.4) is 0 Å². The molecule has 0 spiro atoms. The Balaban J connectivity index is 2.01. The van der Waals surface area contributed by atoms with Crippen molar-refractivity contribution < 1.29 is 0 Å². The average molecular weight is 218 g/mol. The smallest absolute Gasteiger partial charge is 0.129 e. The van der Waals surface area contributed by atoms with Crippen molar-refractivity contribution in [1.29, 1.82) is 0 Å². The van der Waals surface area contributed by atoms with Gasteiger partial charge in [-0.1, -0.05) is 13.8 Å². The van der Waals surface area contributed by atoms with Crippen molar-refractivity contribution in [2.45, 2.75) is 26.3 Å². The maximum atomic E-state index is 4.20. The van der Waals surface area contributed by atoms with E-state index >= 15 is 0 Å². The standard InChI is InChI=1S/C10H14N6/c1-7(2)9-3-10(13-6-12-9)11-4-8-5-14-16-15-8/h3,5-7H,4H2,1-2H3,(H,11,12,13)(H,14,15,16). The lowest BCUT2D eigenvalue weighted by Gasteiger charge is -2.07. The summed E-state index contributed by atoms with van der Waals surface area (Å²) in [6.45, 7) is 4.80. The summed E-state index contributed by atoms with van der Waals surface area (Å²) in [7, 11) is 0. The van der Waals surface area contributed by atoms with Crippen LogP contribution in [0.4, 0.5) is 5.82 Å². The Morgan fingerprint density at radius 1 is 1.38 bits per heavy atom. The van der Waals surface area contributed by atoms with Gasteiger partial charge in [-0.05, 0) is 5.92 Å². The summed E-state index contributed by atoms with van der Waals surface area (Å²) in [6, 6.07) is 1.95. The Labute approximate surface area is 93.5 Å². The number of H-pyrrole nitrogens is 1. The van der Waals surface area contributed by atoms with Crippen molar-refractivity contribution in [2.75, 3.05) is 5.32 Å². The van der Waals surface area contributed by atoms with Crippen molar-refractivity contribution in [3.05, 3.63) is 30.0 Å². The Morgan fingerprint density at radius 3 is 2.94 bits per heavy atom. The summed E-state index contributed by atoms with van der Waals surface area (Å²) in [6.07, 6.45) is 3.25. The third-order valence-electron chi connectivity index (χ3n) is 2.20. The van der Waals surface area contributed by atoms with Gasteiger partial charge in [0.2, 0.25) is 0 Å². The molecule has 0 radical (unpaired) electrons. The maximum absolute atomic E-state index is 4.20. The summed E-state index contributed by atoms with van der Waals surface area (Å²) in [5, 5.41) is 13.4. The molecule has 0 aliphatic rings. The van der Waals surface area contributed by atoms with Crippen LogP contribution in [0.25, 0.3) is 0 Å². The normalized spacial score (nSPS) is 10.7. The Bertz CT molecular complexity index is 436. The van der Waals surface area contributed by atoms with E-state index in [1.165, 1.54) is 0 Å². The monoisotopic (exact) mass is 218 g/mol. The molecular weight excluding hydrogens is 204 g/mol. The summed E-state index contributed by atoms with van der Waals surface area (Å²) >= 11 is 0. The van der Waals surface area contributed by atoms with Gasteiger partial charge < -0.3 is 5.32 Å². The fourth-order valence-electron chi connectivity index (χ4n) is 1.28. The molecule has 84 valence electrons. The first-order valence-electron chi connectivity index (χ1n) is 5.16. The van der Waals surface area contributed by atoms with Crippen LogP contribution in [0.1, 0.15) is 31.2 Å². The van der Waals surface area contributed by atoms with E-state index in [0.717, 1.165) is 17.2 Å². The van der Waals surface area contributed by atoms with Crippen molar-refractivity contribution in [1.82, 2.24) is 25.4 Å². The highest BCUT2D eigenvalue weighted by Crippen LogP contribution is 2.13. The molecule has 6 heteroatoms. The van der Waals surface area contributed by atoms with E-state index in [0.29, 0.717) is 12.5 Å². The lowest BCUT2D eigenvalue weighted by atomic mass is 10.1. The van der Waals surface area contributed by atoms with Crippen molar-refractivity contribution in [3.63, 3.8) is 0 Å². The molecule has 0 aromatic carbocycles. The number of rotatable bonds is 4. The van der Waals surface area contributed by atoms with E-state index in [1.54, 1.807) is 12.5 Å². The number of aromatic nitrogens is 5. The predicted octanol–water partition coefficient (Wildman–Crippen LogP) is 1.33. The lowest BCUT2D eigenvalue weighted by Crippen LogP contribution is -2.03. The first-order chi connectivity index (χ1) is 7.75. The van der Waals surface area contributed by atoms with Gasteiger partial charge in [0.05, 0.1) is 12.7 Å². The quantitative estimate of drug-likeness (QED) is 0.809. The Kier molecular flexibility index (Phi) is 3.09. The highest BCUT2D eigenvalue weighted by atomic mass is 15.3. The van der Waals surface area contributed by atoms with Crippen LogP contribution in [0.2, 0.25) is 0 Å². The molecule has 2 N–H and O–H groups in total. The van der Waals surface area contributed by atoms with Gasteiger partial charge >= 0.3 is 0 Å². The summed E-state index contributed by atoms with van der Waals surface area (Å²) in [5.74, 6) is 1.21. The predicted molar refractivity (Wildman–Crippen MR) is 59.8 cm³/mol. The molecule has 0 saturated heterocycles. The molecular formula is C10H14N6. The minimum Gasteiger partial charge on any atom is -0.364 e. The molecule has 2 aromatic heterocycles. The summed E-state index contributed by atoms with van der Waals surface area (Å²) in [4.78, 5) is 8.34. The second kappa shape index (κ2) is 4.69. The molecule has 2 rings (SSSR count). The largest absolute Gasteiger partial charge is 0.364 e. The third kappa shape index (κ3) is 2.53. The van der Waals surface area contributed by atoms with E-state index in [2.05, 4.69) is 44.5 Å². The molecule has 0 bridgehead atoms. The van der Waals surface area contributed by atoms with Gasteiger partial charge in [0, 0.05) is 11.8 Å². The second-order valence-corrected chi connectivity index (χ2v) is 3.80. The molecule has 0 fully saturated rings. The number of hydrogen-bond acceptors (Lipinski definition) is 5. The van der Waals surface area contributed by atoms with Gasteiger partial charge in [0.15, 0.2) is 0 Å². The molecule has 2 heterocycles. The molecule has 0 unspecified atom stereocenters. The number of aromatic amines is 1. The van der Waals surface area contributed by atoms with Gasteiger partial charge in [0.25, 0.3) is 0 Å². The van der Waals surface area contributed by atoms with Gasteiger partial charge in [-0.2, -0.15) is 15.4 Å². The summed E-state index contributed by atoms with van der Waals surface area (Å²) < 4.78 is 0. The number of nitrogens with zero attached hydrogens (tertiary/aromatic N) is 4. The zero-order valence-electron chi connectivity index (χ0n) is 9.31. The van der Waals surface area contributed by atoms with E-state index < -0.39 is 0 Å². The van der Waals surface area contributed by atoms with Crippen LogP contribution in [-0.4, -0.2) is 25.4 Å². The molecule has 0 saturated carbocycles. The first kappa shape index (κ1) is 10.5. The van der Waals surface area contributed by atoms with E-state index in [-0.39, 0.29) is 0 Å².